The van der Waals surface area contributed by atoms with Crippen molar-refractivity contribution in [2.45, 2.75) is 32.0 Å². The van der Waals surface area contributed by atoms with Crippen LogP contribution in [-0.4, -0.2) is 31.1 Å². The Kier molecular flexibility index (Phi) is 6.67. The van der Waals surface area contributed by atoms with Gasteiger partial charge in [-0.1, -0.05) is 15.9 Å². The summed E-state index contributed by atoms with van der Waals surface area (Å²) in [5.41, 5.74) is 13.6. The topological polar surface area (TPSA) is 113 Å². The molecule has 7 nitrogen and oxygen atoms in total. The van der Waals surface area contributed by atoms with Crippen molar-refractivity contribution in [2.75, 3.05) is 13.7 Å². The van der Waals surface area contributed by atoms with Gasteiger partial charge < -0.3 is 20.3 Å². The fraction of sp³-hybridized carbons (Fsp3) is 0.471. The van der Waals surface area contributed by atoms with E-state index in [9.17, 15) is 5.26 Å². The van der Waals surface area contributed by atoms with Crippen LogP contribution in [-0.2, 0) is 4.74 Å². The molecule has 0 aromatic heterocycles. The lowest BCUT2D eigenvalue weighted by molar-refractivity contribution is 0.0348. The van der Waals surface area contributed by atoms with E-state index in [0.29, 0.717) is 5.57 Å². The maximum absolute atomic E-state index is 9.57. The maximum atomic E-state index is 9.57. The van der Waals surface area contributed by atoms with E-state index in [1.54, 1.807) is 14.0 Å². The van der Waals surface area contributed by atoms with Gasteiger partial charge in [-0.3, -0.25) is 5.43 Å². The van der Waals surface area contributed by atoms with Crippen molar-refractivity contribution in [2.24, 2.45) is 11.7 Å². The first-order chi connectivity index (χ1) is 12.0. The number of aliphatic hydroxyl groups excluding tert-OH is 1. The standard InChI is InChI=1S/C15H17BrN4O2.C2H6O/c1-7-12-13(9-5-8(16)3-4-11(9)21-2)10(6-17)14(18)22-15(12)20-19-7;1-2-3/h3-5,7,12-13,15,19-20H,18H2,1-2H3;3H,2H2,1H3. The van der Waals surface area contributed by atoms with Gasteiger partial charge in [0.2, 0.25) is 5.88 Å². The highest BCUT2D eigenvalue weighted by molar-refractivity contribution is 9.10. The molecule has 136 valence electrons. The molecule has 25 heavy (non-hydrogen) atoms. The van der Waals surface area contributed by atoms with E-state index in [0.717, 1.165) is 15.8 Å². The first-order valence-corrected chi connectivity index (χ1v) is 8.79. The van der Waals surface area contributed by atoms with Crippen molar-refractivity contribution in [3.8, 4) is 11.8 Å². The first-order valence-electron chi connectivity index (χ1n) is 8.00. The smallest absolute Gasteiger partial charge is 0.200 e. The number of ether oxygens (including phenoxy) is 2. The van der Waals surface area contributed by atoms with Crippen molar-refractivity contribution in [1.29, 1.82) is 5.26 Å². The summed E-state index contributed by atoms with van der Waals surface area (Å²) in [5.74, 6) is 0.728. The third-order valence-corrected chi connectivity index (χ3v) is 4.74. The van der Waals surface area contributed by atoms with E-state index >= 15 is 0 Å². The summed E-state index contributed by atoms with van der Waals surface area (Å²) in [6, 6.07) is 8.10. The minimum absolute atomic E-state index is 0.0325. The number of rotatable bonds is 2. The molecule has 0 aliphatic carbocycles. The molecule has 1 aromatic rings. The second kappa shape index (κ2) is 8.54. The lowest BCUT2D eigenvalue weighted by Gasteiger charge is -2.35. The number of nitrogens with zero attached hydrogens (tertiary/aromatic N) is 1. The van der Waals surface area contributed by atoms with E-state index in [1.807, 2.05) is 18.2 Å². The predicted molar refractivity (Wildman–Crippen MR) is 97.1 cm³/mol. The Morgan fingerprint density at radius 2 is 2.12 bits per heavy atom. The summed E-state index contributed by atoms with van der Waals surface area (Å²) in [4.78, 5) is 0. The lowest BCUT2D eigenvalue weighted by Crippen LogP contribution is -2.41. The van der Waals surface area contributed by atoms with Crippen molar-refractivity contribution in [1.82, 2.24) is 10.9 Å². The molecular formula is C17H23BrN4O3. The second-order valence-electron chi connectivity index (χ2n) is 5.76. The van der Waals surface area contributed by atoms with Crippen LogP contribution in [0.25, 0.3) is 0 Å². The average Bonchev–Trinajstić information content (AvgIpc) is 2.95. The number of aliphatic hydroxyl groups is 1. The SMILES string of the molecule is CCO.COc1ccc(Br)cc1C1C(C#N)=C(N)OC2NNC(C)C21. The zero-order chi connectivity index (χ0) is 18.6. The van der Waals surface area contributed by atoms with Gasteiger partial charge in [0, 0.05) is 34.5 Å². The number of allylic oxidation sites excluding steroid dienone is 1. The molecule has 0 bridgehead atoms. The van der Waals surface area contributed by atoms with Crippen LogP contribution in [0.1, 0.15) is 25.3 Å². The molecule has 4 atom stereocenters. The molecular weight excluding hydrogens is 388 g/mol. The molecule has 1 fully saturated rings. The molecule has 0 saturated carbocycles. The van der Waals surface area contributed by atoms with Gasteiger partial charge in [0.1, 0.15) is 11.8 Å². The number of nitriles is 1. The van der Waals surface area contributed by atoms with Crippen LogP contribution in [0.15, 0.2) is 34.1 Å². The van der Waals surface area contributed by atoms with Gasteiger partial charge in [0.25, 0.3) is 0 Å². The number of hydrogen-bond donors (Lipinski definition) is 4. The van der Waals surface area contributed by atoms with E-state index in [2.05, 4.69) is 39.8 Å². The summed E-state index contributed by atoms with van der Waals surface area (Å²) in [5, 5.41) is 17.1. The molecule has 2 heterocycles. The number of benzene rings is 1. The Morgan fingerprint density at radius 3 is 2.72 bits per heavy atom. The molecule has 0 spiro atoms. The van der Waals surface area contributed by atoms with Gasteiger partial charge in [0.05, 0.1) is 12.7 Å². The third kappa shape index (κ3) is 3.90. The molecule has 1 aromatic carbocycles. The fourth-order valence-electron chi connectivity index (χ4n) is 3.22. The Labute approximate surface area is 155 Å². The summed E-state index contributed by atoms with van der Waals surface area (Å²) < 4.78 is 12.1. The minimum atomic E-state index is -0.277. The predicted octanol–water partition coefficient (Wildman–Crippen LogP) is 1.70. The van der Waals surface area contributed by atoms with Gasteiger partial charge in [-0.2, -0.15) is 5.26 Å². The van der Waals surface area contributed by atoms with Crippen LogP contribution in [0.5, 0.6) is 5.75 Å². The quantitative estimate of drug-likeness (QED) is 0.586. The van der Waals surface area contributed by atoms with Crippen molar-refractivity contribution < 1.29 is 14.6 Å². The molecule has 2 aliphatic rings. The van der Waals surface area contributed by atoms with Crippen LogP contribution >= 0.6 is 15.9 Å². The van der Waals surface area contributed by atoms with Crippen LogP contribution < -0.4 is 21.3 Å². The minimum Gasteiger partial charge on any atom is -0.496 e. The van der Waals surface area contributed by atoms with E-state index < -0.39 is 0 Å². The number of halogens is 1. The van der Waals surface area contributed by atoms with Crippen LogP contribution in [0.4, 0.5) is 0 Å². The Hall–Kier alpha value is -1.79. The normalized spacial score (nSPS) is 27.5. The van der Waals surface area contributed by atoms with Crippen LogP contribution in [0.3, 0.4) is 0 Å². The number of nitrogens with two attached hydrogens (primary N) is 1. The van der Waals surface area contributed by atoms with E-state index in [4.69, 9.17) is 20.3 Å². The number of nitrogens with one attached hydrogen (secondary N) is 2. The summed E-state index contributed by atoms with van der Waals surface area (Å²) in [7, 11) is 1.62. The van der Waals surface area contributed by atoms with Gasteiger partial charge in [-0.05, 0) is 32.0 Å². The summed E-state index contributed by atoms with van der Waals surface area (Å²) in [6.45, 7) is 3.98. The zero-order valence-corrected chi connectivity index (χ0v) is 16.0. The second-order valence-corrected chi connectivity index (χ2v) is 6.68. The van der Waals surface area contributed by atoms with Gasteiger partial charge >= 0.3 is 0 Å². The number of hydrogen-bond acceptors (Lipinski definition) is 7. The number of hydrazine groups is 1. The average molecular weight is 411 g/mol. The van der Waals surface area contributed by atoms with E-state index in [-0.39, 0.29) is 36.6 Å². The molecule has 5 N–H and O–H groups in total. The van der Waals surface area contributed by atoms with Gasteiger partial charge in [-0.15, -0.1) is 0 Å². The van der Waals surface area contributed by atoms with Crippen molar-refractivity contribution in [3.63, 3.8) is 0 Å². The molecule has 0 amide bonds. The van der Waals surface area contributed by atoms with Crippen molar-refractivity contribution in [3.05, 3.63) is 39.7 Å². The lowest BCUT2D eigenvalue weighted by atomic mass is 9.76. The Morgan fingerprint density at radius 1 is 1.44 bits per heavy atom. The van der Waals surface area contributed by atoms with Crippen molar-refractivity contribution >= 4 is 15.9 Å². The van der Waals surface area contributed by atoms with Gasteiger partial charge in [-0.25, -0.2) is 5.43 Å². The first kappa shape index (κ1) is 19.5. The highest BCUT2D eigenvalue weighted by Crippen LogP contribution is 2.46. The Balaban J connectivity index is 0.000000701. The number of methoxy groups -OCH3 is 1. The van der Waals surface area contributed by atoms with E-state index in [1.165, 1.54) is 0 Å². The largest absolute Gasteiger partial charge is 0.496 e. The maximum Gasteiger partial charge on any atom is 0.200 e. The molecule has 4 unspecified atom stereocenters. The number of fused-ring (bicyclic) bond motifs is 1. The van der Waals surface area contributed by atoms with Gasteiger partial charge in [0.15, 0.2) is 6.23 Å². The zero-order valence-electron chi connectivity index (χ0n) is 14.4. The molecule has 8 heteroatoms. The molecule has 2 aliphatic heterocycles. The molecule has 0 radical (unpaired) electrons. The van der Waals surface area contributed by atoms with Crippen LogP contribution in [0, 0.1) is 17.2 Å². The fourth-order valence-corrected chi connectivity index (χ4v) is 3.60. The monoisotopic (exact) mass is 410 g/mol. The highest BCUT2D eigenvalue weighted by atomic mass is 79.9. The highest BCUT2D eigenvalue weighted by Gasteiger charge is 2.47. The van der Waals surface area contributed by atoms with Crippen LogP contribution in [0.2, 0.25) is 0 Å². The Bertz CT molecular complexity index is 689. The molecule has 1 saturated heterocycles. The summed E-state index contributed by atoms with van der Waals surface area (Å²) in [6.07, 6.45) is -0.277. The molecule has 3 rings (SSSR count). The third-order valence-electron chi connectivity index (χ3n) is 4.24. The summed E-state index contributed by atoms with van der Waals surface area (Å²) >= 11 is 3.49.